The van der Waals surface area contributed by atoms with E-state index in [2.05, 4.69) is 10.5 Å². The van der Waals surface area contributed by atoms with E-state index in [1.165, 1.54) is 6.07 Å². The second kappa shape index (κ2) is 8.24. The van der Waals surface area contributed by atoms with Gasteiger partial charge in [0.25, 0.3) is 5.91 Å². The van der Waals surface area contributed by atoms with Crippen LogP contribution in [0.5, 0.6) is 5.75 Å². The maximum Gasteiger partial charge on any atom is 0.271 e. The standard InChI is InChI=1S/C19H21FN2O2/c1-4-11-24-16-8-6-15(7-9-16)19(23)22-21-14(3)17-12-13(2)5-10-18(17)20/h5-10,12H,4,11H2,1-3H3,(H,22,23)/b21-14+. The Morgan fingerprint density at radius 2 is 1.92 bits per heavy atom. The van der Waals surface area contributed by atoms with Crippen LogP contribution >= 0.6 is 0 Å². The van der Waals surface area contributed by atoms with Gasteiger partial charge in [-0.25, -0.2) is 9.82 Å². The Kier molecular flexibility index (Phi) is 6.07. The number of carbonyl (C=O) groups excluding carboxylic acids is 1. The van der Waals surface area contributed by atoms with Crippen LogP contribution < -0.4 is 10.2 Å². The molecule has 126 valence electrons. The van der Waals surface area contributed by atoms with E-state index < -0.39 is 0 Å². The van der Waals surface area contributed by atoms with Crippen LogP contribution in [0.3, 0.4) is 0 Å². The molecule has 4 nitrogen and oxygen atoms in total. The van der Waals surface area contributed by atoms with Crippen molar-refractivity contribution in [2.24, 2.45) is 5.10 Å². The van der Waals surface area contributed by atoms with E-state index in [0.717, 1.165) is 17.7 Å². The molecule has 1 amide bonds. The van der Waals surface area contributed by atoms with Crippen molar-refractivity contribution in [3.8, 4) is 5.75 Å². The lowest BCUT2D eigenvalue weighted by molar-refractivity contribution is 0.0955. The minimum Gasteiger partial charge on any atom is -0.494 e. The number of hydrogen-bond donors (Lipinski definition) is 1. The van der Waals surface area contributed by atoms with Crippen LogP contribution in [0.2, 0.25) is 0 Å². The predicted octanol–water partition coefficient (Wildman–Crippen LogP) is 4.08. The molecule has 0 unspecified atom stereocenters. The first-order valence-corrected chi connectivity index (χ1v) is 7.85. The van der Waals surface area contributed by atoms with Crippen LogP contribution in [0.1, 0.15) is 41.8 Å². The normalized spacial score (nSPS) is 11.2. The summed E-state index contributed by atoms with van der Waals surface area (Å²) >= 11 is 0. The molecule has 0 aliphatic rings. The average molecular weight is 328 g/mol. The number of nitrogens with one attached hydrogen (secondary N) is 1. The quantitative estimate of drug-likeness (QED) is 0.642. The summed E-state index contributed by atoms with van der Waals surface area (Å²) in [6.07, 6.45) is 0.922. The van der Waals surface area contributed by atoms with Crippen LogP contribution in [0.25, 0.3) is 0 Å². The predicted molar refractivity (Wildman–Crippen MR) is 93.0 cm³/mol. The van der Waals surface area contributed by atoms with Crippen molar-refractivity contribution >= 4 is 11.6 Å². The van der Waals surface area contributed by atoms with E-state index in [-0.39, 0.29) is 11.7 Å². The zero-order valence-corrected chi connectivity index (χ0v) is 14.1. The molecule has 2 aromatic carbocycles. The maximum atomic E-state index is 13.8. The summed E-state index contributed by atoms with van der Waals surface area (Å²) in [5, 5.41) is 3.99. The summed E-state index contributed by atoms with van der Waals surface area (Å²) in [7, 11) is 0. The lowest BCUT2D eigenvalue weighted by atomic mass is 10.1. The van der Waals surface area contributed by atoms with E-state index in [1.807, 2.05) is 13.8 Å². The van der Waals surface area contributed by atoms with Crippen molar-refractivity contribution in [2.45, 2.75) is 27.2 Å². The molecule has 0 atom stereocenters. The zero-order chi connectivity index (χ0) is 17.5. The van der Waals surface area contributed by atoms with Gasteiger partial charge in [0, 0.05) is 11.1 Å². The monoisotopic (exact) mass is 328 g/mol. The van der Waals surface area contributed by atoms with Gasteiger partial charge in [-0.2, -0.15) is 5.10 Å². The Bertz CT molecular complexity index is 740. The zero-order valence-electron chi connectivity index (χ0n) is 14.1. The van der Waals surface area contributed by atoms with E-state index >= 15 is 0 Å². The number of aryl methyl sites for hydroxylation is 1. The lowest BCUT2D eigenvalue weighted by Crippen LogP contribution is -2.19. The fourth-order valence-electron chi connectivity index (χ4n) is 2.10. The number of hydrogen-bond acceptors (Lipinski definition) is 3. The highest BCUT2D eigenvalue weighted by molar-refractivity contribution is 6.01. The summed E-state index contributed by atoms with van der Waals surface area (Å²) < 4.78 is 19.3. The highest BCUT2D eigenvalue weighted by Gasteiger charge is 2.08. The van der Waals surface area contributed by atoms with Gasteiger partial charge in [0.1, 0.15) is 11.6 Å². The topological polar surface area (TPSA) is 50.7 Å². The molecule has 5 heteroatoms. The fourth-order valence-corrected chi connectivity index (χ4v) is 2.10. The number of amides is 1. The van der Waals surface area contributed by atoms with E-state index in [9.17, 15) is 9.18 Å². The molecule has 0 aliphatic carbocycles. The third-order valence-corrected chi connectivity index (χ3v) is 3.43. The highest BCUT2D eigenvalue weighted by atomic mass is 19.1. The average Bonchev–Trinajstić information content (AvgIpc) is 2.60. The van der Waals surface area contributed by atoms with Gasteiger partial charge in [0.2, 0.25) is 0 Å². The van der Waals surface area contributed by atoms with Crippen molar-refractivity contribution in [1.29, 1.82) is 0 Å². The molecule has 0 aliphatic heterocycles. The summed E-state index contributed by atoms with van der Waals surface area (Å²) in [5.74, 6) is -0.00658. The van der Waals surface area contributed by atoms with E-state index in [0.29, 0.717) is 23.4 Å². The number of halogens is 1. The molecule has 0 bridgehead atoms. The van der Waals surface area contributed by atoms with Crippen molar-refractivity contribution in [3.05, 3.63) is 65.0 Å². The van der Waals surface area contributed by atoms with Crippen LogP contribution in [0, 0.1) is 12.7 Å². The SMILES string of the molecule is CCCOc1ccc(C(=O)N/N=C(\C)c2cc(C)ccc2F)cc1. The molecule has 1 N–H and O–H groups in total. The Morgan fingerprint density at radius 1 is 1.21 bits per heavy atom. The number of rotatable bonds is 6. The Labute approximate surface area is 141 Å². The Hall–Kier alpha value is -2.69. The lowest BCUT2D eigenvalue weighted by Gasteiger charge is -2.07. The fraction of sp³-hybridized carbons (Fsp3) is 0.263. The summed E-state index contributed by atoms with van der Waals surface area (Å²) in [6.45, 7) is 6.19. The minimum absolute atomic E-state index is 0.357. The third-order valence-electron chi connectivity index (χ3n) is 3.43. The van der Waals surface area contributed by atoms with Crippen molar-refractivity contribution in [3.63, 3.8) is 0 Å². The highest BCUT2D eigenvalue weighted by Crippen LogP contribution is 2.13. The Balaban J connectivity index is 2.05. The van der Waals surface area contributed by atoms with E-state index in [1.54, 1.807) is 43.3 Å². The molecule has 2 rings (SSSR count). The minimum atomic E-state index is -0.367. The van der Waals surface area contributed by atoms with Crippen LogP contribution in [-0.4, -0.2) is 18.2 Å². The van der Waals surface area contributed by atoms with Crippen LogP contribution in [-0.2, 0) is 0 Å². The number of hydrazone groups is 1. The molecule has 0 aromatic heterocycles. The van der Waals surface area contributed by atoms with Gasteiger partial charge in [-0.05, 0) is 56.7 Å². The van der Waals surface area contributed by atoms with Gasteiger partial charge in [-0.1, -0.05) is 18.6 Å². The van der Waals surface area contributed by atoms with Gasteiger partial charge >= 0.3 is 0 Å². The largest absolute Gasteiger partial charge is 0.494 e. The van der Waals surface area contributed by atoms with Gasteiger partial charge in [-0.15, -0.1) is 0 Å². The van der Waals surface area contributed by atoms with Crippen LogP contribution in [0.4, 0.5) is 4.39 Å². The summed E-state index contributed by atoms with van der Waals surface area (Å²) in [6, 6.07) is 11.6. The second-order valence-corrected chi connectivity index (χ2v) is 5.49. The van der Waals surface area contributed by atoms with Gasteiger partial charge < -0.3 is 4.74 Å². The number of ether oxygens (including phenoxy) is 1. The van der Waals surface area contributed by atoms with Gasteiger partial charge in [0.15, 0.2) is 0 Å². The second-order valence-electron chi connectivity index (χ2n) is 5.49. The number of nitrogens with zero attached hydrogens (tertiary/aromatic N) is 1. The molecular formula is C19H21FN2O2. The van der Waals surface area contributed by atoms with Gasteiger partial charge in [0.05, 0.1) is 12.3 Å². The molecule has 0 spiro atoms. The van der Waals surface area contributed by atoms with Crippen molar-refractivity contribution < 1.29 is 13.9 Å². The first kappa shape index (κ1) is 17.7. The van der Waals surface area contributed by atoms with Crippen LogP contribution in [0.15, 0.2) is 47.6 Å². The van der Waals surface area contributed by atoms with Crippen molar-refractivity contribution in [2.75, 3.05) is 6.61 Å². The summed E-state index contributed by atoms with van der Waals surface area (Å²) in [4.78, 5) is 12.1. The summed E-state index contributed by atoms with van der Waals surface area (Å²) in [5.41, 5.74) is 4.62. The molecule has 24 heavy (non-hydrogen) atoms. The van der Waals surface area contributed by atoms with Crippen molar-refractivity contribution in [1.82, 2.24) is 5.43 Å². The molecule has 0 saturated carbocycles. The number of benzene rings is 2. The maximum absolute atomic E-state index is 13.8. The molecule has 0 radical (unpaired) electrons. The molecule has 0 heterocycles. The van der Waals surface area contributed by atoms with Gasteiger partial charge in [-0.3, -0.25) is 4.79 Å². The molecule has 2 aromatic rings. The molecular weight excluding hydrogens is 307 g/mol. The third kappa shape index (κ3) is 4.65. The van der Waals surface area contributed by atoms with E-state index in [4.69, 9.17) is 4.74 Å². The first-order valence-electron chi connectivity index (χ1n) is 7.85. The first-order chi connectivity index (χ1) is 11.5. The molecule has 0 saturated heterocycles. The Morgan fingerprint density at radius 3 is 2.58 bits per heavy atom. The molecule has 0 fully saturated rings. The smallest absolute Gasteiger partial charge is 0.271 e. The number of carbonyl (C=O) groups is 1.